The highest BCUT2D eigenvalue weighted by Crippen LogP contribution is 2.50. The van der Waals surface area contributed by atoms with Gasteiger partial charge in [0.25, 0.3) is 0 Å². The summed E-state index contributed by atoms with van der Waals surface area (Å²) in [6.45, 7) is 2.42. The van der Waals surface area contributed by atoms with Gasteiger partial charge in [-0.3, -0.25) is 4.90 Å². The molecule has 2 fully saturated rings. The van der Waals surface area contributed by atoms with Gasteiger partial charge in [-0.15, -0.1) is 0 Å². The van der Waals surface area contributed by atoms with Crippen LogP contribution in [0.25, 0.3) is 0 Å². The van der Waals surface area contributed by atoms with Gasteiger partial charge in [0.1, 0.15) is 0 Å². The summed E-state index contributed by atoms with van der Waals surface area (Å²) < 4.78 is 0. The highest BCUT2D eigenvalue weighted by Gasteiger charge is 2.51. The van der Waals surface area contributed by atoms with Crippen LogP contribution in [0.4, 0.5) is 0 Å². The first-order chi connectivity index (χ1) is 7.74. The van der Waals surface area contributed by atoms with Crippen LogP contribution in [0.3, 0.4) is 0 Å². The molecule has 3 rings (SSSR count). The number of likely N-dealkylation sites (tertiary alicyclic amines) is 1. The molecule has 1 aromatic rings. The lowest BCUT2D eigenvalue weighted by Gasteiger charge is -2.36. The van der Waals surface area contributed by atoms with Crippen LogP contribution >= 0.6 is 0 Å². The maximum Gasteiger partial charge on any atom is 0.0164 e. The molecule has 1 saturated heterocycles. The average Bonchev–Trinajstić information content (AvgIpc) is 2.53. The van der Waals surface area contributed by atoms with Crippen LogP contribution in [0.2, 0.25) is 0 Å². The third-order valence-corrected chi connectivity index (χ3v) is 5.10. The lowest BCUT2D eigenvalue weighted by Crippen LogP contribution is -2.38. The second kappa shape index (κ2) is 3.59. The number of hydrogen-bond donors (Lipinski definition) is 0. The number of nitrogens with zero attached hydrogens (tertiary/aromatic N) is 1. The van der Waals surface area contributed by atoms with Crippen LogP contribution in [0.1, 0.15) is 38.2 Å². The van der Waals surface area contributed by atoms with Crippen molar-refractivity contribution >= 4 is 0 Å². The fourth-order valence-electron chi connectivity index (χ4n) is 3.98. The van der Waals surface area contributed by atoms with E-state index in [9.17, 15) is 0 Å². The molecule has 1 heteroatoms. The molecule has 0 N–H and O–H groups in total. The molecule has 1 nitrogen and oxygen atoms in total. The van der Waals surface area contributed by atoms with E-state index in [-0.39, 0.29) is 0 Å². The van der Waals surface area contributed by atoms with E-state index in [1.807, 2.05) is 0 Å². The first-order valence-electron chi connectivity index (χ1n) is 6.51. The summed E-state index contributed by atoms with van der Waals surface area (Å²) in [6, 6.07) is 12.7. The predicted octanol–water partition coefficient (Wildman–Crippen LogP) is 3.20. The Kier molecular flexibility index (Phi) is 2.32. The highest BCUT2D eigenvalue weighted by molar-refractivity contribution is 5.31. The Bertz CT molecular complexity index is 372. The number of benzene rings is 1. The quantitative estimate of drug-likeness (QED) is 0.695. The van der Waals surface area contributed by atoms with Gasteiger partial charge in [0.2, 0.25) is 0 Å². The zero-order valence-electron chi connectivity index (χ0n) is 10.3. The number of fused-ring (bicyclic) bond motifs is 2. The fourth-order valence-corrected chi connectivity index (χ4v) is 3.98. The third kappa shape index (κ3) is 1.27. The van der Waals surface area contributed by atoms with Crippen molar-refractivity contribution in [2.45, 2.75) is 50.1 Å². The number of rotatable bonds is 1. The van der Waals surface area contributed by atoms with Gasteiger partial charge in [-0.2, -0.15) is 0 Å². The van der Waals surface area contributed by atoms with Gasteiger partial charge in [0.05, 0.1) is 0 Å². The summed E-state index contributed by atoms with van der Waals surface area (Å²) >= 11 is 0. The van der Waals surface area contributed by atoms with Crippen molar-refractivity contribution in [3.63, 3.8) is 0 Å². The second-order valence-electron chi connectivity index (χ2n) is 5.61. The summed E-state index contributed by atoms with van der Waals surface area (Å²) in [5, 5.41) is 0. The molecule has 3 atom stereocenters. The molecule has 0 aromatic heterocycles. The van der Waals surface area contributed by atoms with Crippen molar-refractivity contribution in [2.75, 3.05) is 7.05 Å². The van der Waals surface area contributed by atoms with Gasteiger partial charge in [0, 0.05) is 17.5 Å². The molecule has 1 aliphatic heterocycles. The second-order valence-corrected chi connectivity index (χ2v) is 5.61. The molecule has 16 heavy (non-hydrogen) atoms. The van der Waals surface area contributed by atoms with Gasteiger partial charge in [-0.25, -0.2) is 0 Å². The number of hydrogen-bond acceptors (Lipinski definition) is 1. The molecule has 2 aliphatic rings. The molecule has 1 aromatic carbocycles. The van der Waals surface area contributed by atoms with Crippen LogP contribution < -0.4 is 0 Å². The van der Waals surface area contributed by atoms with Crippen LogP contribution in [-0.2, 0) is 5.41 Å². The zero-order valence-corrected chi connectivity index (χ0v) is 10.3. The van der Waals surface area contributed by atoms with Crippen LogP contribution in [0, 0.1) is 0 Å². The van der Waals surface area contributed by atoms with Crippen LogP contribution in [0.5, 0.6) is 0 Å². The Labute approximate surface area is 98.5 Å². The van der Waals surface area contributed by atoms with Gasteiger partial charge in [0.15, 0.2) is 0 Å². The zero-order chi connectivity index (χ0) is 11.2. The Hall–Kier alpha value is -0.820. The molecule has 1 aliphatic carbocycles. The van der Waals surface area contributed by atoms with E-state index in [4.69, 9.17) is 0 Å². The summed E-state index contributed by atoms with van der Waals surface area (Å²) in [5.41, 5.74) is 2.01. The van der Waals surface area contributed by atoms with Crippen molar-refractivity contribution in [1.82, 2.24) is 4.90 Å². The molecule has 1 saturated carbocycles. The maximum absolute atomic E-state index is 2.61. The minimum absolute atomic E-state index is 0.443. The summed E-state index contributed by atoms with van der Waals surface area (Å²) in [7, 11) is 2.31. The molecule has 2 bridgehead atoms. The van der Waals surface area contributed by atoms with Crippen molar-refractivity contribution in [1.29, 1.82) is 0 Å². The molecule has 86 valence electrons. The van der Waals surface area contributed by atoms with E-state index in [2.05, 4.69) is 49.2 Å². The van der Waals surface area contributed by atoms with Gasteiger partial charge >= 0.3 is 0 Å². The fraction of sp³-hybridized carbons (Fsp3) is 0.600. The minimum Gasteiger partial charge on any atom is -0.300 e. The van der Waals surface area contributed by atoms with E-state index in [1.54, 1.807) is 5.56 Å². The lowest BCUT2D eigenvalue weighted by atomic mass is 9.68. The Morgan fingerprint density at radius 1 is 1.25 bits per heavy atom. The monoisotopic (exact) mass is 215 g/mol. The first-order valence-corrected chi connectivity index (χ1v) is 6.51. The summed E-state index contributed by atoms with van der Waals surface area (Å²) in [4.78, 5) is 2.61. The Morgan fingerprint density at radius 2 is 2.00 bits per heavy atom. The van der Waals surface area contributed by atoms with Gasteiger partial charge < -0.3 is 0 Å². The van der Waals surface area contributed by atoms with Gasteiger partial charge in [-0.1, -0.05) is 36.8 Å². The van der Waals surface area contributed by atoms with Crippen molar-refractivity contribution in [3.8, 4) is 0 Å². The largest absolute Gasteiger partial charge is 0.300 e. The van der Waals surface area contributed by atoms with E-state index in [0.29, 0.717) is 11.5 Å². The standard InChI is InChI=1S/C15H21N/c1-12-15(13-7-4-3-5-8-13)10-6-9-14(11-15)16(12)2/h3-5,7-8,12,14H,6,9-11H2,1-2H3/t12-,14+,15+/m1/s1. The first kappa shape index (κ1) is 10.3. The molecule has 0 radical (unpaired) electrons. The van der Waals surface area contributed by atoms with Crippen molar-refractivity contribution in [2.24, 2.45) is 0 Å². The third-order valence-electron chi connectivity index (χ3n) is 5.10. The molecule has 0 spiro atoms. The summed E-state index contributed by atoms with van der Waals surface area (Å²) in [5.74, 6) is 0. The highest BCUT2D eigenvalue weighted by atomic mass is 15.2. The smallest absolute Gasteiger partial charge is 0.0164 e. The van der Waals surface area contributed by atoms with Crippen molar-refractivity contribution < 1.29 is 0 Å². The summed E-state index contributed by atoms with van der Waals surface area (Å²) in [6.07, 6.45) is 5.54. The lowest BCUT2D eigenvalue weighted by molar-refractivity contribution is 0.239. The SMILES string of the molecule is C[C@H]1N(C)[C@H]2CCC[C@]1(c1ccccc1)C2. The van der Waals surface area contributed by atoms with Crippen LogP contribution in [0.15, 0.2) is 30.3 Å². The molecular weight excluding hydrogens is 194 g/mol. The van der Waals surface area contributed by atoms with Crippen molar-refractivity contribution in [3.05, 3.63) is 35.9 Å². The van der Waals surface area contributed by atoms with Gasteiger partial charge in [-0.05, 0) is 38.8 Å². The van der Waals surface area contributed by atoms with E-state index in [1.165, 1.54) is 25.7 Å². The topological polar surface area (TPSA) is 3.24 Å². The van der Waals surface area contributed by atoms with E-state index in [0.717, 1.165) is 6.04 Å². The minimum atomic E-state index is 0.443. The van der Waals surface area contributed by atoms with E-state index >= 15 is 0 Å². The maximum atomic E-state index is 2.61. The Balaban J connectivity index is 2.04. The molecule has 1 heterocycles. The molecule has 0 unspecified atom stereocenters. The van der Waals surface area contributed by atoms with E-state index < -0.39 is 0 Å². The number of likely N-dealkylation sites (N-methyl/N-ethyl adjacent to an activating group) is 1. The Morgan fingerprint density at radius 3 is 2.75 bits per heavy atom. The molecular formula is C15H21N. The predicted molar refractivity (Wildman–Crippen MR) is 67.6 cm³/mol. The normalized spacial score (nSPS) is 38.9. The molecule has 0 amide bonds. The average molecular weight is 215 g/mol. The van der Waals surface area contributed by atoms with Crippen LogP contribution in [-0.4, -0.2) is 24.0 Å².